The highest BCUT2D eigenvalue weighted by atomic mass is 32.2. The Morgan fingerprint density at radius 3 is 2.70 bits per heavy atom. The molecule has 0 saturated carbocycles. The van der Waals surface area contributed by atoms with E-state index in [-0.39, 0.29) is 11.7 Å². The van der Waals surface area contributed by atoms with Gasteiger partial charge in [0.05, 0.1) is 29.2 Å². The number of hydrogen-bond acceptors (Lipinski definition) is 8. The second-order valence-corrected chi connectivity index (χ2v) is 9.77. The number of amides is 1. The Morgan fingerprint density at radius 2 is 1.91 bits per heavy atom. The summed E-state index contributed by atoms with van der Waals surface area (Å²) in [6, 6.07) is 14.0. The number of nitrogens with zero attached hydrogens (tertiary/aromatic N) is 5. The number of anilines is 2. The van der Waals surface area contributed by atoms with Gasteiger partial charge in [0.15, 0.2) is 10.3 Å². The molecular weight excluding hydrogens is 456 g/mol. The number of carbonyl (C=O) groups is 1. The summed E-state index contributed by atoms with van der Waals surface area (Å²) >= 11 is 3.01. The maximum absolute atomic E-state index is 12.6. The minimum absolute atomic E-state index is 0.0895. The van der Waals surface area contributed by atoms with Crippen LogP contribution in [0.4, 0.5) is 10.8 Å². The number of benzene rings is 2. The number of thioether (sulfide) groups is 1. The van der Waals surface area contributed by atoms with Crippen LogP contribution < -0.4 is 10.2 Å². The van der Waals surface area contributed by atoms with Crippen molar-refractivity contribution in [3.63, 3.8) is 0 Å². The van der Waals surface area contributed by atoms with Crippen LogP contribution in [0.2, 0.25) is 0 Å². The Kier molecular flexibility index (Phi) is 6.30. The first-order chi connectivity index (χ1) is 16.1. The molecule has 0 unspecified atom stereocenters. The fraction of sp³-hybridized carbons (Fsp3) is 0.304. The molecule has 1 amide bonds. The summed E-state index contributed by atoms with van der Waals surface area (Å²) in [5.41, 5.74) is 3.88. The zero-order valence-corrected chi connectivity index (χ0v) is 20.1. The molecule has 2 aromatic carbocycles. The summed E-state index contributed by atoms with van der Waals surface area (Å²) in [5, 5.41) is 13.1. The molecule has 0 aliphatic carbocycles. The third-order valence-corrected chi connectivity index (χ3v) is 7.37. The second-order valence-electron chi connectivity index (χ2n) is 7.82. The fourth-order valence-corrected chi connectivity index (χ4v) is 5.49. The van der Waals surface area contributed by atoms with Gasteiger partial charge in [0.25, 0.3) is 0 Å². The minimum atomic E-state index is -0.0895. The summed E-state index contributed by atoms with van der Waals surface area (Å²) in [4.78, 5) is 19.6. The number of nitrogens with one attached hydrogen (secondary N) is 1. The Morgan fingerprint density at radius 1 is 1.12 bits per heavy atom. The third-order valence-electron chi connectivity index (χ3n) is 5.36. The second kappa shape index (κ2) is 9.50. The van der Waals surface area contributed by atoms with Crippen LogP contribution in [0, 0.1) is 13.8 Å². The first kappa shape index (κ1) is 21.9. The van der Waals surface area contributed by atoms with E-state index >= 15 is 0 Å². The Hall–Kier alpha value is -2.95. The molecule has 1 aliphatic rings. The van der Waals surface area contributed by atoms with Crippen molar-refractivity contribution in [2.75, 3.05) is 42.3 Å². The molecule has 170 valence electrons. The molecule has 5 rings (SSSR count). The van der Waals surface area contributed by atoms with Crippen molar-refractivity contribution in [3.8, 4) is 5.69 Å². The summed E-state index contributed by atoms with van der Waals surface area (Å²) in [7, 11) is 0. The molecule has 0 bridgehead atoms. The van der Waals surface area contributed by atoms with Crippen LogP contribution in [-0.2, 0) is 9.53 Å². The Bertz CT molecular complexity index is 1280. The first-order valence-electron chi connectivity index (χ1n) is 10.7. The van der Waals surface area contributed by atoms with E-state index in [2.05, 4.69) is 39.5 Å². The largest absolute Gasteiger partial charge is 0.378 e. The predicted octanol–water partition coefficient (Wildman–Crippen LogP) is 4.06. The van der Waals surface area contributed by atoms with Gasteiger partial charge in [-0.2, -0.15) is 0 Å². The van der Waals surface area contributed by atoms with E-state index in [1.54, 1.807) is 11.3 Å². The molecule has 0 spiro atoms. The van der Waals surface area contributed by atoms with Crippen LogP contribution in [0.15, 0.2) is 47.6 Å². The van der Waals surface area contributed by atoms with E-state index < -0.39 is 0 Å². The van der Waals surface area contributed by atoms with Crippen molar-refractivity contribution in [2.45, 2.75) is 19.0 Å². The Balaban J connectivity index is 1.25. The summed E-state index contributed by atoms with van der Waals surface area (Å²) in [5.74, 6) is 0.936. The van der Waals surface area contributed by atoms with E-state index in [4.69, 9.17) is 9.72 Å². The molecule has 0 radical (unpaired) electrons. The lowest BCUT2D eigenvalue weighted by Gasteiger charge is -2.25. The average molecular weight is 481 g/mol. The molecule has 1 N–H and O–H groups in total. The number of thiazole rings is 1. The highest BCUT2D eigenvalue weighted by Gasteiger charge is 2.17. The molecule has 1 saturated heterocycles. The Labute approximate surface area is 200 Å². The van der Waals surface area contributed by atoms with Gasteiger partial charge in [-0.1, -0.05) is 40.8 Å². The van der Waals surface area contributed by atoms with Crippen molar-refractivity contribution < 1.29 is 9.53 Å². The van der Waals surface area contributed by atoms with Gasteiger partial charge in [-0.25, -0.2) is 4.98 Å². The number of ether oxygens (including phenoxy) is 1. The minimum Gasteiger partial charge on any atom is -0.378 e. The number of carbonyl (C=O) groups excluding carboxylic acids is 1. The van der Waals surface area contributed by atoms with Crippen molar-refractivity contribution >= 4 is 50.0 Å². The quantitative estimate of drug-likeness (QED) is 0.417. The third kappa shape index (κ3) is 4.87. The molecule has 1 fully saturated rings. The molecule has 10 heteroatoms. The monoisotopic (exact) mass is 480 g/mol. The van der Waals surface area contributed by atoms with Gasteiger partial charge < -0.3 is 15.0 Å². The van der Waals surface area contributed by atoms with Crippen LogP contribution in [0.1, 0.15) is 11.4 Å². The van der Waals surface area contributed by atoms with E-state index in [1.165, 1.54) is 17.3 Å². The standard InChI is InChI=1S/C23H24N6O2S2/c1-15-3-6-18(7-4-15)29-16(2)26-27-23(29)32-14-21(30)24-17-5-8-19-20(13-17)33-22(25-19)28-9-11-31-12-10-28/h3-8,13H,9-12,14H2,1-2H3,(H,24,30). The molecule has 3 heterocycles. The van der Waals surface area contributed by atoms with Crippen molar-refractivity contribution in [1.82, 2.24) is 19.7 Å². The van der Waals surface area contributed by atoms with Gasteiger partial charge in [-0.3, -0.25) is 9.36 Å². The van der Waals surface area contributed by atoms with Crippen LogP contribution >= 0.6 is 23.1 Å². The van der Waals surface area contributed by atoms with Gasteiger partial charge in [-0.05, 0) is 44.2 Å². The van der Waals surface area contributed by atoms with Gasteiger partial charge in [-0.15, -0.1) is 10.2 Å². The number of hydrogen-bond donors (Lipinski definition) is 1. The maximum Gasteiger partial charge on any atom is 0.234 e. The van der Waals surface area contributed by atoms with E-state index in [9.17, 15) is 4.79 Å². The molecular formula is C23H24N6O2S2. The number of morpholine rings is 1. The zero-order chi connectivity index (χ0) is 22.8. The smallest absolute Gasteiger partial charge is 0.234 e. The molecule has 4 aromatic rings. The molecule has 1 aliphatic heterocycles. The van der Waals surface area contributed by atoms with Gasteiger partial charge in [0.2, 0.25) is 5.91 Å². The number of rotatable bonds is 6. The number of aryl methyl sites for hydroxylation is 2. The fourth-order valence-electron chi connectivity index (χ4n) is 3.63. The normalized spacial score (nSPS) is 14.1. The number of fused-ring (bicyclic) bond motifs is 1. The van der Waals surface area contributed by atoms with Gasteiger partial charge in [0.1, 0.15) is 5.82 Å². The van der Waals surface area contributed by atoms with Crippen LogP contribution in [-0.4, -0.2) is 57.7 Å². The number of aromatic nitrogens is 4. The first-order valence-corrected chi connectivity index (χ1v) is 12.5. The van der Waals surface area contributed by atoms with Crippen molar-refractivity contribution in [2.24, 2.45) is 0 Å². The zero-order valence-electron chi connectivity index (χ0n) is 18.4. The van der Waals surface area contributed by atoms with Crippen LogP contribution in [0.3, 0.4) is 0 Å². The van der Waals surface area contributed by atoms with Gasteiger partial charge >= 0.3 is 0 Å². The van der Waals surface area contributed by atoms with Crippen LogP contribution in [0.25, 0.3) is 15.9 Å². The van der Waals surface area contributed by atoms with E-state index in [0.29, 0.717) is 5.16 Å². The molecule has 8 nitrogen and oxygen atoms in total. The SMILES string of the molecule is Cc1ccc(-n2c(C)nnc2SCC(=O)Nc2ccc3nc(N4CCOCC4)sc3c2)cc1. The van der Waals surface area contributed by atoms with Crippen LogP contribution in [0.5, 0.6) is 0 Å². The van der Waals surface area contributed by atoms with Crippen molar-refractivity contribution in [1.29, 1.82) is 0 Å². The van der Waals surface area contributed by atoms with E-state index in [0.717, 1.165) is 58.9 Å². The predicted molar refractivity (Wildman–Crippen MR) is 133 cm³/mol. The van der Waals surface area contributed by atoms with E-state index in [1.807, 2.05) is 41.8 Å². The highest BCUT2D eigenvalue weighted by molar-refractivity contribution is 7.99. The summed E-state index contributed by atoms with van der Waals surface area (Å²) in [6.45, 7) is 7.13. The summed E-state index contributed by atoms with van der Waals surface area (Å²) in [6.07, 6.45) is 0. The molecule has 33 heavy (non-hydrogen) atoms. The highest BCUT2D eigenvalue weighted by Crippen LogP contribution is 2.31. The lowest BCUT2D eigenvalue weighted by atomic mass is 10.2. The van der Waals surface area contributed by atoms with Gasteiger partial charge in [0, 0.05) is 24.5 Å². The molecule has 0 atom stereocenters. The van der Waals surface area contributed by atoms with Crippen molar-refractivity contribution in [3.05, 3.63) is 53.9 Å². The maximum atomic E-state index is 12.6. The lowest BCUT2D eigenvalue weighted by molar-refractivity contribution is -0.113. The molecule has 2 aromatic heterocycles. The topological polar surface area (TPSA) is 85.2 Å². The average Bonchev–Trinajstić information content (AvgIpc) is 3.42. The summed E-state index contributed by atoms with van der Waals surface area (Å²) < 4.78 is 8.45. The lowest BCUT2D eigenvalue weighted by Crippen LogP contribution is -2.36.